The number of benzene rings is 12. The van der Waals surface area contributed by atoms with E-state index in [0.717, 1.165) is 38.5 Å². The van der Waals surface area contributed by atoms with Gasteiger partial charge in [0.25, 0.3) is 6.33 Å². The van der Waals surface area contributed by atoms with Gasteiger partial charge >= 0.3 is 0 Å². The molecule has 0 spiro atoms. The molecule has 6 heteroatoms. The molecule has 1 aliphatic rings. The van der Waals surface area contributed by atoms with Gasteiger partial charge < -0.3 is 4.74 Å². The fraction of sp³-hybridized carbons (Fsp3) is 0.170. The largest absolute Gasteiger partial charge is 0.458 e. The summed E-state index contributed by atoms with van der Waals surface area (Å²) in [5.74, 6) is 1.22. The van der Waals surface area contributed by atoms with E-state index in [-0.39, 0.29) is 50.3 Å². The molecule has 15 aromatic rings. The van der Waals surface area contributed by atoms with E-state index in [1.807, 2.05) is 87.5 Å². The second-order valence-electron chi connectivity index (χ2n) is 29.4. The molecule has 0 bridgehead atoms. The molecule has 0 aliphatic carbocycles. The van der Waals surface area contributed by atoms with Crippen molar-refractivity contribution in [1.29, 1.82) is 0 Å². The Hall–Kier alpha value is -10.9. The average Bonchev–Trinajstić information content (AvgIpc) is 0.749. The predicted molar refractivity (Wildman–Crippen MR) is 421 cm³/mol. The van der Waals surface area contributed by atoms with E-state index >= 15 is 0 Å². The predicted octanol–water partition coefficient (Wildman–Crippen LogP) is 21.2. The molecule has 0 saturated heterocycles. The lowest BCUT2D eigenvalue weighted by atomic mass is 9.77. The summed E-state index contributed by atoms with van der Waals surface area (Å²) in [5, 5.41) is -2.53. The summed E-state index contributed by atoms with van der Waals surface area (Å²) in [6.45, 7) is 24.7. The molecule has 0 saturated carbocycles. The number of hydrogen-bond donors (Lipinski definition) is 0. The molecule has 1 aliphatic heterocycles. The zero-order valence-corrected chi connectivity index (χ0v) is 58.3. The topological polar surface area (TPSA) is 35.9 Å². The number of para-hydroxylation sites is 1. The van der Waals surface area contributed by atoms with Crippen LogP contribution < -0.4 is 30.1 Å². The van der Waals surface area contributed by atoms with Gasteiger partial charge in [0.2, 0.25) is 0 Å². The Labute approximate surface area is 628 Å². The van der Waals surface area contributed by atoms with Crippen LogP contribution in [0.5, 0.6) is 11.5 Å². The summed E-state index contributed by atoms with van der Waals surface area (Å²) in [7, 11) is -6.53. The quantitative estimate of drug-likeness (QED) is 0.0592. The lowest BCUT2D eigenvalue weighted by Gasteiger charge is -2.34. The van der Waals surface area contributed by atoms with Crippen molar-refractivity contribution in [3.63, 3.8) is 0 Å². The highest BCUT2D eigenvalue weighted by atomic mass is 28.3. The Kier molecular flexibility index (Phi) is 9.74. The number of imidazole rings is 1. The molecule has 0 radical (unpaired) electrons. The van der Waals surface area contributed by atoms with E-state index in [1.54, 1.807) is 45.7 Å². The summed E-state index contributed by atoms with van der Waals surface area (Å²) in [4.78, 5) is 4.90. The van der Waals surface area contributed by atoms with Crippen LogP contribution in [0.3, 0.4) is 0 Å². The minimum atomic E-state index is -6.53. The lowest BCUT2D eigenvalue weighted by molar-refractivity contribution is -0.570. The zero-order valence-electron chi connectivity index (χ0n) is 84.3. The number of hydrogen-bond acceptors (Lipinski definition) is 2. The van der Waals surface area contributed by atoms with Gasteiger partial charge in [-0.25, -0.2) is 4.98 Å². The van der Waals surface area contributed by atoms with Crippen molar-refractivity contribution in [2.75, 3.05) is 0 Å². The molecule has 5 nitrogen and oxygen atoms in total. The SMILES string of the molecule is [2H]c1c([2H])c([2H])c([Si](c2c([2H])c([2H])c([2H])c([2H])c2[2H])(c2c([2H])c([2H])c([2H])c([2H])c2[2H])c2c([2H])c([2H])c([2H])c(-c3cc4c5c(c3)n(-c3cccc(Oc6ccc7c8ccccc8n(-c8cc(C(C)(C)C)ccn8)c7c6)c3)[c-][n+]5-c3c(-c5cc(C(C)(C)C)cc(C(C)(C)C)c5)cc(C(C)(C)C)cc3-c3c([2H])c([2H])c([2H])c([2H])c3-c3c([2H])c([2H])c([2H])c([2H])c3-4)c2[2H])c([2H])c1[2H]. The molecule has 0 amide bonds. The van der Waals surface area contributed by atoms with Gasteiger partial charge in [0.1, 0.15) is 17.3 Å². The molecule has 0 unspecified atom stereocenters. The second kappa shape index (κ2) is 24.2. The van der Waals surface area contributed by atoms with Gasteiger partial charge in [0.15, 0.2) is 8.07 Å². The van der Waals surface area contributed by atoms with Crippen molar-refractivity contribution in [2.45, 2.75) is 105 Å². The van der Waals surface area contributed by atoms with Crippen LogP contribution in [-0.2, 0) is 21.7 Å². The molecule has 0 N–H and O–H groups in total. The number of pyridine rings is 1. The van der Waals surface area contributed by atoms with Crippen LogP contribution in [0.15, 0.2) is 291 Å². The fourth-order valence-corrected chi connectivity index (χ4v) is 17.1. The van der Waals surface area contributed by atoms with Crippen molar-refractivity contribution >= 4 is 61.7 Å². The van der Waals surface area contributed by atoms with Gasteiger partial charge in [-0.1, -0.05) is 307 Å². The first-order valence-electron chi connectivity index (χ1n) is 46.5. The second-order valence-corrected chi connectivity index (χ2v) is 32.9. The van der Waals surface area contributed by atoms with Gasteiger partial charge in [0.05, 0.1) is 70.5 Å². The summed E-state index contributed by atoms with van der Waals surface area (Å²) in [5.41, 5.74) is 1.46. The minimum absolute atomic E-state index is 0.0107. The van der Waals surface area contributed by atoms with Crippen LogP contribution in [0.25, 0.3) is 106 Å². The standard InChI is InChI=1S/C94H84N4OSi/c1-91(2,3)65-48-49-95-88(58-65)98-85-45-27-26-44-80(85)81-47-46-71(60-86(81)98)99-70-32-29-31-69(59-70)96-61-97-89-82(64-50-66(92(4,5)6)55-67(51-64)93(7,8)9)56-68(94(10,11)12)57-84(89)79-43-25-23-41-77(79)76-40-22-24-42-78(76)83-53-63(54-87(96)90(83)97)62-30-28-39-75(52-62)100(72-33-16-13-17-34-72,73-35-18-14-19-36-73)74-37-20-15-21-38-74/h13-60H,1-12H3/i13D,14D,15D,16D,17D,18D,19D,20D,21D,22D,23D,24D,25D,28D,30D,33D,34D,35D,36D,37D,38D,39D,40D,41D,42D,43D,52D. The number of fused-ring (bicyclic) bond motifs is 10. The van der Waals surface area contributed by atoms with E-state index in [4.69, 9.17) is 13.8 Å². The van der Waals surface area contributed by atoms with Crippen LogP contribution in [0.1, 0.15) is 142 Å². The highest BCUT2D eigenvalue weighted by Gasteiger charge is 2.42. The van der Waals surface area contributed by atoms with Crippen molar-refractivity contribution in [2.24, 2.45) is 0 Å². The van der Waals surface area contributed by atoms with E-state index in [1.165, 1.54) is 12.1 Å². The Morgan fingerprint density at radius 1 is 0.390 bits per heavy atom. The third-order valence-corrected chi connectivity index (χ3v) is 22.8. The summed E-state index contributed by atoms with van der Waals surface area (Å²) < 4.78 is 278. The van der Waals surface area contributed by atoms with Gasteiger partial charge in [-0.3, -0.25) is 13.7 Å². The number of aromatic nitrogens is 4. The Morgan fingerprint density at radius 3 is 1.53 bits per heavy atom. The number of nitrogens with zero attached hydrogens (tertiary/aromatic N) is 4. The first kappa shape index (κ1) is 40.2. The molecule has 4 heterocycles. The summed E-state index contributed by atoms with van der Waals surface area (Å²) in [6, 6.07) is 8.71. The van der Waals surface area contributed by atoms with Crippen molar-refractivity contribution in [3.8, 4) is 84.3 Å². The average molecular weight is 1340 g/mol. The van der Waals surface area contributed by atoms with Gasteiger partial charge in [0, 0.05) is 23.0 Å². The lowest BCUT2D eigenvalue weighted by Crippen LogP contribution is -2.74. The highest BCUT2D eigenvalue weighted by molar-refractivity contribution is 7.20. The molecule has 0 atom stereocenters. The van der Waals surface area contributed by atoms with Crippen LogP contribution >= 0.6 is 0 Å². The zero-order chi connectivity index (χ0) is 92.5. The first-order valence-corrected chi connectivity index (χ1v) is 35.0. The van der Waals surface area contributed by atoms with Crippen molar-refractivity contribution in [1.82, 2.24) is 14.1 Å². The third kappa shape index (κ3) is 11.1. The van der Waals surface area contributed by atoms with Gasteiger partial charge in [-0.2, -0.15) is 0 Å². The Balaban J connectivity index is 1.13. The van der Waals surface area contributed by atoms with Crippen molar-refractivity contribution < 1.29 is 46.3 Å². The molecule has 12 aromatic carbocycles. The summed E-state index contributed by atoms with van der Waals surface area (Å²) in [6.07, 6.45) is 5.45. The maximum atomic E-state index is 11.2. The fourth-order valence-electron chi connectivity index (χ4n) is 13.5. The normalized spacial score (nSPS) is 16.4. The third-order valence-electron chi connectivity index (χ3n) is 18.8. The molecule has 16 rings (SSSR count). The Morgan fingerprint density at radius 2 is 0.920 bits per heavy atom. The van der Waals surface area contributed by atoms with E-state index in [0.29, 0.717) is 28.3 Å². The smallest absolute Gasteiger partial charge is 0.269 e. The van der Waals surface area contributed by atoms with Crippen LogP contribution in [0.4, 0.5) is 0 Å². The molecule has 0 fully saturated rings. The van der Waals surface area contributed by atoms with E-state index < -0.39 is 236 Å². The van der Waals surface area contributed by atoms with E-state index in [2.05, 4.69) is 85.3 Å². The highest BCUT2D eigenvalue weighted by Crippen LogP contribution is 2.49. The number of ether oxygens (including phenoxy) is 1. The van der Waals surface area contributed by atoms with Gasteiger partial charge in [-0.15, -0.1) is 0 Å². The Bertz CT molecular complexity index is 7100. The van der Waals surface area contributed by atoms with Crippen molar-refractivity contribution in [3.05, 3.63) is 319 Å². The monoisotopic (exact) mass is 1340 g/mol. The van der Waals surface area contributed by atoms with Gasteiger partial charge in [-0.05, 0) is 175 Å². The van der Waals surface area contributed by atoms with Crippen LogP contribution in [0.2, 0.25) is 0 Å². The van der Waals surface area contributed by atoms with Crippen LogP contribution in [0, 0.1) is 6.33 Å². The van der Waals surface area contributed by atoms with E-state index in [9.17, 15) is 32.9 Å². The maximum absolute atomic E-state index is 11.2. The van der Waals surface area contributed by atoms with Crippen LogP contribution in [-0.4, -0.2) is 22.2 Å². The molecule has 3 aromatic heterocycles. The summed E-state index contributed by atoms with van der Waals surface area (Å²) >= 11 is 0. The maximum Gasteiger partial charge on any atom is 0.269 e. The molecule has 490 valence electrons. The minimum Gasteiger partial charge on any atom is -0.458 e. The molecular formula is C94H84N4OSi. The molecule has 100 heavy (non-hydrogen) atoms. The first-order chi connectivity index (χ1) is 59.3. The molecular weight excluding hydrogens is 1230 g/mol. The number of rotatable bonds is 10.